The molecule has 8 aliphatic rings. The Bertz CT molecular complexity index is 6310. The molecule has 8 aliphatic heterocycles. The van der Waals surface area contributed by atoms with Gasteiger partial charge in [0.2, 0.25) is 0 Å². The van der Waals surface area contributed by atoms with Crippen molar-refractivity contribution in [1.82, 2.24) is 39.5 Å². The van der Waals surface area contributed by atoms with Crippen LogP contribution < -0.4 is 38.2 Å². The molecule has 0 bridgehead atoms. The highest BCUT2D eigenvalue weighted by Crippen LogP contribution is 2.34. The SMILES string of the molecule is Cc1cc(OCC(O)CN2CCc3ccccc3C2)c(C)cc1CN1CCOCC1.O=S1(=O)CCN(c2ccc(OCC(O)CN3CCc4ccccc4C3)cc2)CC1.OC(COc1ccc(OCc2ccccc2)cc1)CN1CCc2ccccc2C1.OC(COc1cccc2ccc(N3CCOCC3)nc12)CN1CCc2ccccc2C1.OC(COc1ccccc1-c1ccno1)CN1CCc2ccccc2C1. The fraction of sp³-hybridized carbons (Fsp3) is 0.390. The maximum atomic E-state index is 11.6. The summed E-state index contributed by atoms with van der Waals surface area (Å²) in [6.07, 6.45) is 4.09. The van der Waals surface area contributed by atoms with Crippen molar-refractivity contribution < 1.29 is 76.4 Å². The average molecular weight is 1990 g/mol. The van der Waals surface area contributed by atoms with E-state index in [1.807, 2.05) is 121 Å². The monoisotopic (exact) mass is 1990 g/mol. The lowest BCUT2D eigenvalue weighted by Gasteiger charge is -2.30. The van der Waals surface area contributed by atoms with E-state index in [-0.39, 0.29) is 37.9 Å². The normalized spacial score (nSPS) is 17.5. The molecule has 26 nitrogen and oxygen atoms in total. The first-order chi connectivity index (χ1) is 70.9. The van der Waals surface area contributed by atoms with E-state index >= 15 is 0 Å². The lowest BCUT2D eigenvalue weighted by Crippen LogP contribution is -2.40. The summed E-state index contributed by atoms with van der Waals surface area (Å²) in [5.74, 6) is 6.54. The van der Waals surface area contributed by atoms with Crippen LogP contribution >= 0.6 is 0 Å². The number of aliphatic hydroxyl groups excluding tert-OH is 5. The summed E-state index contributed by atoms with van der Waals surface area (Å²) in [6, 6.07) is 91.8. The van der Waals surface area contributed by atoms with E-state index in [2.05, 4.69) is 204 Å². The third-order valence-corrected chi connectivity index (χ3v) is 29.5. The Labute approximate surface area is 853 Å². The van der Waals surface area contributed by atoms with Crippen molar-refractivity contribution in [3.8, 4) is 45.8 Å². The van der Waals surface area contributed by atoms with Gasteiger partial charge in [-0.15, -0.1) is 0 Å². The highest BCUT2D eigenvalue weighted by atomic mass is 32.2. The van der Waals surface area contributed by atoms with Gasteiger partial charge in [0.1, 0.15) is 116 Å². The van der Waals surface area contributed by atoms with Gasteiger partial charge in [0.25, 0.3) is 0 Å². The number of sulfone groups is 1. The van der Waals surface area contributed by atoms with Crippen LogP contribution in [0.1, 0.15) is 77.9 Å². The van der Waals surface area contributed by atoms with E-state index in [4.69, 9.17) is 47.4 Å². The zero-order valence-electron chi connectivity index (χ0n) is 83.6. The standard InChI is InChI=1S/C25H29N3O3.C25H34N2O3.C25H27NO3.C22H28N2O4S.C21H22N2O3/c29-22(17-27-11-10-19-4-1-2-5-21(19)16-27)18-31-23-7-3-6-20-8-9-24(26-25(20)23)28-12-14-30-15-13-28;1-19-14-25(20(2)13-23(19)16-26-9-11-29-12-10-26)30-18-24(28)17-27-8-7-21-5-3-4-6-22(21)15-27;27-23(17-26-15-14-21-8-4-5-9-22(21)16-26)19-29-25-12-10-24(11-13-25)28-18-20-6-2-1-3-7-20;25-21(16-23-10-9-18-3-1-2-4-19(18)15-23)17-28-22-7-5-20(6-8-22)24-11-13-29(26,27)14-12-24;24-18(14-23-12-10-16-5-1-2-6-17(16)13-23)15-25-20-8-4-3-7-19(20)21-9-11-22-26-21/h1-9,22,29H,10-18H2;3-6,13-14,24,28H,7-12,15-18H2,1-2H3;1-13,23,27H,14-19H2;1-8,21,25H,9-17H2;1-9,11,18,24H,10,12-15H2. The number of hydrogen-bond acceptors (Lipinski definition) is 26. The van der Waals surface area contributed by atoms with Crippen molar-refractivity contribution in [3.05, 3.63) is 357 Å². The summed E-state index contributed by atoms with van der Waals surface area (Å²) in [4.78, 5) is 23.1. The summed E-state index contributed by atoms with van der Waals surface area (Å²) in [7, 11) is -2.88. The van der Waals surface area contributed by atoms with E-state index in [9.17, 15) is 34.0 Å². The number of aromatic nitrogens is 2. The minimum absolute atomic E-state index is 0.207. The lowest BCUT2D eigenvalue weighted by molar-refractivity contribution is 0.0341. The molecule has 3 saturated heterocycles. The second kappa shape index (κ2) is 52.8. The fourth-order valence-electron chi connectivity index (χ4n) is 19.9. The number of aliphatic hydroxyl groups is 5. The molecule has 2 aromatic heterocycles. The van der Waals surface area contributed by atoms with Crippen molar-refractivity contribution in [2.75, 3.05) is 185 Å². The molecule has 27 heteroatoms. The second-order valence-electron chi connectivity index (χ2n) is 38.9. The number of morpholine rings is 2. The lowest BCUT2D eigenvalue weighted by atomic mass is 10.00. The van der Waals surface area contributed by atoms with Gasteiger partial charge in [0.05, 0.1) is 49.7 Å². The van der Waals surface area contributed by atoms with Crippen molar-refractivity contribution in [1.29, 1.82) is 0 Å². The van der Waals surface area contributed by atoms with E-state index in [0.717, 1.165) is 219 Å². The number of hydrogen-bond donors (Lipinski definition) is 5. The fourth-order valence-corrected chi connectivity index (χ4v) is 21.1. The maximum absolute atomic E-state index is 11.6. The van der Waals surface area contributed by atoms with Crippen LogP contribution in [0.15, 0.2) is 284 Å². The molecule has 0 saturated carbocycles. The number of nitrogens with zero attached hydrogens (tertiary/aromatic N) is 10. The Morgan fingerprint density at radius 2 is 0.738 bits per heavy atom. The smallest absolute Gasteiger partial charge is 0.170 e. The van der Waals surface area contributed by atoms with Crippen LogP contribution in [0.25, 0.3) is 22.2 Å². The zero-order chi connectivity index (χ0) is 99.9. The maximum Gasteiger partial charge on any atom is 0.170 e. The first-order valence-corrected chi connectivity index (χ1v) is 53.2. The first-order valence-electron chi connectivity index (χ1n) is 51.3. The highest BCUT2D eigenvalue weighted by Gasteiger charge is 2.29. The van der Waals surface area contributed by atoms with Crippen molar-refractivity contribution >= 4 is 32.2 Å². The molecule has 13 aromatic rings. The van der Waals surface area contributed by atoms with Gasteiger partial charge in [-0.25, -0.2) is 13.4 Å². The van der Waals surface area contributed by atoms with E-state index in [1.54, 1.807) is 12.3 Å². The molecule has 0 radical (unpaired) electrons. The molecule has 21 rings (SSSR count). The van der Waals surface area contributed by atoms with Crippen LogP contribution in [-0.2, 0) is 97.3 Å². The van der Waals surface area contributed by atoms with Crippen molar-refractivity contribution in [2.45, 2.75) is 122 Å². The molecule has 145 heavy (non-hydrogen) atoms. The van der Waals surface area contributed by atoms with E-state index in [0.29, 0.717) is 76.3 Å². The molecule has 11 aromatic carbocycles. The van der Waals surface area contributed by atoms with Gasteiger partial charge in [-0.05, 0) is 209 Å². The molecule has 764 valence electrons. The predicted octanol–water partition coefficient (Wildman–Crippen LogP) is 14.7. The highest BCUT2D eigenvalue weighted by molar-refractivity contribution is 7.91. The number of anilines is 2. The summed E-state index contributed by atoms with van der Waals surface area (Å²) in [5.41, 5.74) is 21.4. The quantitative estimate of drug-likeness (QED) is 0.0256. The van der Waals surface area contributed by atoms with Gasteiger partial charge < -0.3 is 77.8 Å². The number of benzene rings is 11. The van der Waals surface area contributed by atoms with E-state index < -0.39 is 40.4 Å². The topological polar surface area (TPSA) is 274 Å². The third kappa shape index (κ3) is 31.2. The van der Waals surface area contributed by atoms with Gasteiger partial charge >= 0.3 is 0 Å². The summed E-state index contributed by atoms with van der Waals surface area (Å²) < 4.78 is 74.5. The molecule has 3 fully saturated rings. The molecule has 5 N–H and O–H groups in total. The molecule has 10 heterocycles. The van der Waals surface area contributed by atoms with Gasteiger partial charge in [-0.2, -0.15) is 0 Å². The molecule has 0 spiro atoms. The number of pyridine rings is 1. The largest absolute Gasteiger partial charge is 0.491 e. The van der Waals surface area contributed by atoms with E-state index in [1.165, 1.54) is 66.8 Å². The Morgan fingerprint density at radius 3 is 1.19 bits per heavy atom. The van der Waals surface area contributed by atoms with Crippen LogP contribution in [0.3, 0.4) is 0 Å². The summed E-state index contributed by atoms with van der Waals surface area (Å²) >= 11 is 0. The predicted molar refractivity (Wildman–Crippen MR) is 568 cm³/mol. The first kappa shape index (κ1) is 104. The number of β-amino-alcohol motifs (C(OH)–C–C–N with tert-alkyl or cyclic N) is 5. The second-order valence-corrected chi connectivity index (χ2v) is 41.2. The van der Waals surface area contributed by atoms with Crippen molar-refractivity contribution in [2.24, 2.45) is 0 Å². The van der Waals surface area contributed by atoms with Gasteiger partial charge in [-0.1, -0.05) is 187 Å². The number of aryl methyl sites for hydroxylation is 2. The number of para-hydroxylation sites is 2. The zero-order valence-corrected chi connectivity index (χ0v) is 84.4. The molecular formula is C118H140N10O16S. The molecule has 5 atom stereocenters. The van der Waals surface area contributed by atoms with Crippen LogP contribution in [0.5, 0.6) is 34.5 Å². The van der Waals surface area contributed by atoms with Gasteiger partial charge in [0.15, 0.2) is 15.6 Å². The van der Waals surface area contributed by atoms with Gasteiger partial charge in [-0.3, -0.25) is 29.4 Å². The number of fused-ring (bicyclic) bond motifs is 6. The molecule has 0 amide bonds. The van der Waals surface area contributed by atoms with Gasteiger partial charge in [0, 0.05) is 161 Å². The molecule has 5 unspecified atom stereocenters. The Balaban J connectivity index is 0.000000124. The van der Waals surface area contributed by atoms with Crippen LogP contribution in [0.2, 0.25) is 0 Å². The summed E-state index contributed by atoms with van der Waals surface area (Å²) in [6.45, 7) is 27.2. The molecule has 0 aliphatic carbocycles. The van der Waals surface area contributed by atoms with Crippen LogP contribution in [0, 0.1) is 13.8 Å². The van der Waals surface area contributed by atoms with Crippen LogP contribution in [-0.4, -0.2) is 280 Å². The number of rotatable bonds is 33. The Morgan fingerprint density at radius 1 is 0.345 bits per heavy atom. The minimum atomic E-state index is -2.88. The summed E-state index contributed by atoms with van der Waals surface area (Å²) in [5, 5.41) is 57.2. The Kier molecular flexibility index (Phi) is 37.9. The van der Waals surface area contributed by atoms with Crippen molar-refractivity contribution in [3.63, 3.8) is 0 Å². The number of ether oxygens (including phenoxy) is 8. The molecular weight excluding hydrogens is 1850 g/mol. The Hall–Kier alpha value is -12.1. The third-order valence-electron chi connectivity index (χ3n) is 27.9. The minimum Gasteiger partial charge on any atom is -0.491 e. The average Bonchev–Trinajstić information content (AvgIpc) is 0.886. The van der Waals surface area contributed by atoms with Crippen LogP contribution in [0.4, 0.5) is 11.5 Å².